The van der Waals surface area contributed by atoms with Gasteiger partial charge < -0.3 is 14.6 Å². The van der Waals surface area contributed by atoms with Gasteiger partial charge in [0, 0.05) is 26.0 Å². The SMILES string of the molecule is CC(NCc1ccc(OC(F)F)cc1)c1nccn1C. The van der Waals surface area contributed by atoms with Gasteiger partial charge in [0.05, 0.1) is 6.04 Å². The van der Waals surface area contributed by atoms with Crippen molar-refractivity contribution in [2.45, 2.75) is 26.1 Å². The summed E-state index contributed by atoms with van der Waals surface area (Å²) in [6, 6.07) is 6.70. The number of nitrogens with one attached hydrogen (secondary N) is 1. The van der Waals surface area contributed by atoms with Crippen molar-refractivity contribution in [1.82, 2.24) is 14.9 Å². The summed E-state index contributed by atoms with van der Waals surface area (Å²) < 4.78 is 30.3. The number of aryl methyl sites for hydroxylation is 1. The van der Waals surface area contributed by atoms with E-state index in [9.17, 15) is 8.78 Å². The molecule has 1 aromatic heterocycles. The lowest BCUT2D eigenvalue weighted by Crippen LogP contribution is -2.21. The smallest absolute Gasteiger partial charge is 0.387 e. The Morgan fingerprint density at radius 2 is 2.00 bits per heavy atom. The molecular weight excluding hydrogens is 264 g/mol. The first kappa shape index (κ1) is 14.5. The van der Waals surface area contributed by atoms with Crippen LogP contribution in [0.5, 0.6) is 5.75 Å². The van der Waals surface area contributed by atoms with Gasteiger partial charge in [-0.25, -0.2) is 4.98 Å². The van der Waals surface area contributed by atoms with E-state index in [1.807, 2.05) is 24.7 Å². The second-order valence-corrected chi connectivity index (χ2v) is 4.52. The quantitative estimate of drug-likeness (QED) is 0.885. The van der Waals surface area contributed by atoms with Gasteiger partial charge in [-0.2, -0.15) is 8.78 Å². The minimum absolute atomic E-state index is 0.104. The minimum Gasteiger partial charge on any atom is -0.435 e. The Morgan fingerprint density at radius 3 is 2.55 bits per heavy atom. The minimum atomic E-state index is -2.79. The average Bonchev–Trinajstić information content (AvgIpc) is 2.83. The predicted molar refractivity (Wildman–Crippen MR) is 71.5 cm³/mol. The molecule has 0 aliphatic heterocycles. The lowest BCUT2D eigenvalue weighted by atomic mass is 10.2. The lowest BCUT2D eigenvalue weighted by molar-refractivity contribution is -0.0498. The highest BCUT2D eigenvalue weighted by atomic mass is 19.3. The van der Waals surface area contributed by atoms with Gasteiger partial charge in [-0.15, -0.1) is 0 Å². The fourth-order valence-corrected chi connectivity index (χ4v) is 1.95. The third-order valence-electron chi connectivity index (χ3n) is 3.01. The Balaban J connectivity index is 1.89. The summed E-state index contributed by atoms with van der Waals surface area (Å²) in [4.78, 5) is 4.27. The summed E-state index contributed by atoms with van der Waals surface area (Å²) >= 11 is 0. The van der Waals surface area contributed by atoms with Crippen LogP contribution < -0.4 is 10.1 Å². The van der Waals surface area contributed by atoms with Gasteiger partial charge in [0.25, 0.3) is 0 Å². The number of hydrogen-bond acceptors (Lipinski definition) is 3. The van der Waals surface area contributed by atoms with Crippen LogP contribution >= 0.6 is 0 Å². The number of ether oxygens (including phenoxy) is 1. The van der Waals surface area contributed by atoms with Crippen LogP contribution in [0.4, 0.5) is 8.78 Å². The molecule has 0 radical (unpaired) electrons. The maximum Gasteiger partial charge on any atom is 0.387 e. The third-order valence-corrected chi connectivity index (χ3v) is 3.01. The number of aromatic nitrogens is 2. The molecule has 2 aromatic rings. The van der Waals surface area contributed by atoms with Crippen molar-refractivity contribution >= 4 is 0 Å². The van der Waals surface area contributed by atoms with Crippen molar-refractivity contribution in [1.29, 1.82) is 0 Å². The molecule has 0 saturated heterocycles. The van der Waals surface area contributed by atoms with Crippen LogP contribution in [0.1, 0.15) is 24.4 Å². The molecule has 1 heterocycles. The fourth-order valence-electron chi connectivity index (χ4n) is 1.95. The normalized spacial score (nSPS) is 12.7. The van der Waals surface area contributed by atoms with Crippen LogP contribution in [0.3, 0.4) is 0 Å². The van der Waals surface area contributed by atoms with Crippen LogP contribution in [0.2, 0.25) is 0 Å². The molecule has 20 heavy (non-hydrogen) atoms. The molecule has 0 bridgehead atoms. The summed E-state index contributed by atoms with van der Waals surface area (Å²) in [6.45, 7) is -0.137. The zero-order chi connectivity index (χ0) is 14.5. The van der Waals surface area contributed by atoms with Crippen LogP contribution in [0.15, 0.2) is 36.7 Å². The summed E-state index contributed by atoms with van der Waals surface area (Å²) in [5.74, 6) is 1.11. The van der Waals surface area contributed by atoms with Gasteiger partial charge in [0.1, 0.15) is 11.6 Å². The maximum atomic E-state index is 12.0. The molecule has 2 rings (SSSR count). The molecule has 1 unspecified atom stereocenters. The first-order chi connectivity index (χ1) is 9.56. The van der Waals surface area contributed by atoms with Gasteiger partial charge >= 0.3 is 6.61 Å². The summed E-state index contributed by atoms with van der Waals surface area (Å²) in [5, 5.41) is 3.33. The molecule has 0 amide bonds. The van der Waals surface area contributed by atoms with E-state index in [0.717, 1.165) is 11.4 Å². The predicted octanol–water partition coefficient (Wildman–Crippen LogP) is 2.87. The number of halogens is 2. The van der Waals surface area contributed by atoms with E-state index in [1.54, 1.807) is 18.3 Å². The standard InChI is InChI=1S/C14H17F2N3O/c1-10(13-17-7-8-19(13)2)18-9-11-3-5-12(6-4-11)20-14(15)16/h3-8,10,14,18H,9H2,1-2H3. The first-order valence-corrected chi connectivity index (χ1v) is 6.30. The number of alkyl halides is 2. The van der Waals surface area contributed by atoms with E-state index in [1.165, 1.54) is 12.1 Å². The van der Waals surface area contributed by atoms with Crippen LogP contribution in [-0.2, 0) is 13.6 Å². The summed E-state index contributed by atoms with van der Waals surface area (Å²) in [6.07, 6.45) is 3.65. The zero-order valence-electron chi connectivity index (χ0n) is 11.4. The van der Waals surface area contributed by atoms with Gasteiger partial charge in [-0.05, 0) is 24.6 Å². The second-order valence-electron chi connectivity index (χ2n) is 4.52. The molecule has 6 heteroatoms. The Bertz CT molecular complexity index is 540. The maximum absolute atomic E-state index is 12.0. The Labute approximate surface area is 116 Å². The van der Waals surface area contributed by atoms with Crippen molar-refractivity contribution in [2.75, 3.05) is 0 Å². The molecule has 1 aromatic carbocycles. The molecule has 1 atom stereocenters. The largest absolute Gasteiger partial charge is 0.435 e. The Hall–Kier alpha value is -1.95. The van der Waals surface area contributed by atoms with Crippen LogP contribution in [0, 0.1) is 0 Å². The summed E-state index contributed by atoms with van der Waals surface area (Å²) in [7, 11) is 1.94. The van der Waals surface area contributed by atoms with Crippen LogP contribution in [-0.4, -0.2) is 16.2 Å². The highest BCUT2D eigenvalue weighted by Crippen LogP contribution is 2.16. The fraction of sp³-hybridized carbons (Fsp3) is 0.357. The van der Waals surface area contributed by atoms with E-state index in [-0.39, 0.29) is 11.8 Å². The topological polar surface area (TPSA) is 39.1 Å². The van der Waals surface area contributed by atoms with Gasteiger partial charge in [-0.1, -0.05) is 12.1 Å². The molecule has 108 valence electrons. The number of imidazole rings is 1. The highest BCUT2D eigenvalue weighted by Gasteiger charge is 2.09. The van der Waals surface area contributed by atoms with Crippen molar-refractivity contribution in [3.05, 3.63) is 48.0 Å². The lowest BCUT2D eigenvalue weighted by Gasteiger charge is -2.14. The zero-order valence-corrected chi connectivity index (χ0v) is 11.4. The van der Waals surface area contributed by atoms with Gasteiger partial charge in [0.15, 0.2) is 0 Å². The van der Waals surface area contributed by atoms with Gasteiger partial charge in [0.2, 0.25) is 0 Å². The summed E-state index contributed by atoms with van der Waals surface area (Å²) in [5.41, 5.74) is 0.993. The van der Waals surface area contributed by atoms with E-state index in [0.29, 0.717) is 6.54 Å². The van der Waals surface area contributed by atoms with Crippen molar-refractivity contribution in [2.24, 2.45) is 7.05 Å². The number of hydrogen-bond donors (Lipinski definition) is 1. The molecule has 0 saturated carbocycles. The Kier molecular flexibility index (Phi) is 4.68. The molecule has 0 aliphatic rings. The molecule has 0 spiro atoms. The van der Waals surface area contributed by atoms with Crippen molar-refractivity contribution < 1.29 is 13.5 Å². The Morgan fingerprint density at radius 1 is 1.30 bits per heavy atom. The van der Waals surface area contributed by atoms with E-state index in [4.69, 9.17) is 0 Å². The van der Waals surface area contributed by atoms with Crippen molar-refractivity contribution in [3.8, 4) is 5.75 Å². The number of benzene rings is 1. The van der Waals surface area contributed by atoms with E-state index in [2.05, 4.69) is 15.0 Å². The second kappa shape index (κ2) is 6.47. The molecule has 0 fully saturated rings. The third kappa shape index (κ3) is 3.77. The van der Waals surface area contributed by atoms with E-state index >= 15 is 0 Å². The monoisotopic (exact) mass is 281 g/mol. The number of rotatable bonds is 6. The van der Waals surface area contributed by atoms with Gasteiger partial charge in [-0.3, -0.25) is 0 Å². The molecular formula is C14H17F2N3O. The van der Waals surface area contributed by atoms with E-state index < -0.39 is 6.61 Å². The molecule has 4 nitrogen and oxygen atoms in total. The van der Waals surface area contributed by atoms with Crippen LogP contribution in [0.25, 0.3) is 0 Å². The molecule has 0 aliphatic carbocycles. The average molecular weight is 281 g/mol. The first-order valence-electron chi connectivity index (χ1n) is 6.30. The highest BCUT2D eigenvalue weighted by molar-refractivity contribution is 5.27. The van der Waals surface area contributed by atoms with Crippen molar-refractivity contribution in [3.63, 3.8) is 0 Å². The number of nitrogens with zero attached hydrogens (tertiary/aromatic N) is 2. The molecule has 1 N–H and O–H groups in total.